The van der Waals surface area contributed by atoms with E-state index >= 15 is 0 Å². The Labute approximate surface area is 201 Å². The van der Waals surface area contributed by atoms with Gasteiger partial charge in [-0.25, -0.2) is 4.99 Å². The van der Waals surface area contributed by atoms with Gasteiger partial charge in [0.1, 0.15) is 0 Å². The Morgan fingerprint density at radius 2 is 1.44 bits per heavy atom. The van der Waals surface area contributed by atoms with Crippen molar-refractivity contribution in [2.45, 2.75) is 49.8 Å². The lowest BCUT2D eigenvalue weighted by molar-refractivity contribution is -0.130. The van der Waals surface area contributed by atoms with E-state index in [0.717, 1.165) is 42.4 Å². The van der Waals surface area contributed by atoms with E-state index in [1.807, 2.05) is 103 Å². The monoisotopic (exact) mass is 450 g/mol. The van der Waals surface area contributed by atoms with Gasteiger partial charge >= 0.3 is 0 Å². The first-order valence-corrected chi connectivity index (χ1v) is 12.2. The van der Waals surface area contributed by atoms with E-state index in [0.29, 0.717) is 5.90 Å². The highest BCUT2D eigenvalue weighted by Gasteiger charge is 2.54. The van der Waals surface area contributed by atoms with Crippen LogP contribution in [0.5, 0.6) is 0 Å². The molecule has 172 valence electrons. The molecule has 5 rings (SSSR count). The van der Waals surface area contributed by atoms with E-state index in [9.17, 15) is 4.79 Å². The summed E-state index contributed by atoms with van der Waals surface area (Å²) in [7, 11) is 0. The van der Waals surface area contributed by atoms with Crippen LogP contribution in [0.3, 0.4) is 0 Å². The van der Waals surface area contributed by atoms with E-state index in [-0.39, 0.29) is 11.9 Å². The van der Waals surface area contributed by atoms with Crippen molar-refractivity contribution < 1.29 is 9.53 Å². The van der Waals surface area contributed by atoms with Crippen LogP contribution in [-0.2, 0) is 15.1 Å². The third-order valence-corrected chi connectivity index (χ3v) is 6.73. The van der Waals surface area contributed by atoms with E-state index < -0.39 is 11.6 Å². The normalized spacial score (nSPS) is 22.8. The van der Waals surface area contributed by atoms with Crippen LogP contribution >= 0.6 is 0 Å². The van der Waals surface area contributed by atoms with Crippen LogP contribution in [0.15, 0.2) is 102 Å². The second-order valence-corrected chi connectivity index (χ2v) is 9.04. The molecule has 1 aliphatic heterocycles. The average Bonchev–Trinajstić information content (AvgIpc) is 3.31. The molecule has 4 heteroatoms. The molecule has 34 heavy (non-hydrogen) atoms. The Morgan fingerprint density at radius 3 is 2.12 bits per heavy atom. The molecule has 0 unspecified atom stereocenters. The van der Waals surface area contributed by atoms with Gasteiger partial charge in [0.25, 0.3) is 5.91 Å². The molecular formula is C30H30N2O2. The van der Waals surface area contributed by atoms with Crippen molar-refractivity contribution in [2.75, 3.05) is 0 Å². The summed E-state index contributed by atoms with van der Waals surface area (Å²) in [6.07, 6.45) is 8.83. The molecule has 0 radical (unpaired) electrons. The molecule has 1 saturated carbocycles. The molecule has 0 saturated heterocycles. The molecule has 1 amide bonds. The van der Waals surface area contributed by atoms with E-state index in [1.54, 1.807) is 0 Å². The zero-order chi connectivity index (χ0) is 23.2. The van der Waals surface area contributed by atoms with Crippen LogP contribution in [0.4, 0.5) is 0 Å². The van der Waals surface area contributed by atoms with Crippen molar-refractivity contribution in [3.63, 3.8) is 0 Å². The lowest BCUT2D eigenvalue weighted by atomic mass is 9.80. The first-order valence-electron chi connectivity index (χ1n) is 12.2. The Kier molecular flexibility index (Phi) is 6.57. The highest BCUT2D eigenvalue weighted by molar-refractivity contribution is 6.00. The standard InChI is InChI=1S/C30H30N2O2/c33-29(31-26-19-11-4-12-20-26)30(25-17-9-3-10-18-25)28(24-15-7-2-8-16-24)34-27(32-30)22-21-23-13-5-1-6-14-23/h1-3,5-10,13-18,21-22,26,28H,4,11-12,19-20H2,(H,31,33)/b22-21+/t28-,30+/m0/s1. The number of aliphatic imine (C=N–C) groups is 1. The third kappa shape index (κ3) is 4.54. The summed E-state index contributed by atoms with van der Waals surface area (Å²) in [6, 6.07) is 30.0. The maximum atomic E-state index is 14.1. The molecule has 3 aromatic rings. The lowest BCUT2D eigenvalue weighted by Crippen LogP contribution is -2.49. The Hall–Kier alpha value is -3.66. The molecule has 0 bridgehead atoms. The predicted octanol–water partition coefficient (Wildman–Crippen LogP) is 6.21. The Bertz CT molecular complexity index is 1150. The van der Waals surface area contributed by atoms with Gasteiger partial charge in [-0.1, -0.05) is 110 Å². The van der Waals surface area contributed by atoms with Crippen LogP contribution in [0.25, 0.3) is 6.08 Å². The molecule has 0 aromatic heterocycles. The van der Waals surface area contributed by atoms with E-state index in [1.165, 1.54) is 6.42 Å². The van der Waals surface area contributed by atoms with Gasteiger partial charge in [-0.15, -0.1) is 0 Å². The Morgan fingerprint density at radius 1 is 0.824 bits per heavy atom. The molecule has 0 spiro atoms. The van der Waals surface area contributed by atoms with Crippen LogP contribution in [0.2, 0.25) is 0 Å². The highest BCUT2D eigenvalue weighted by Crippen LogP contribution is 2.46. The van der Waals surface area contributed by atoms with Crippen molar-refractivity contribution in [3.05, 3.63) is 114 Å². The number of benzene rings is 3. The van der Waals surface area contributed by atoms with Gasteiger partial charge in [0.05, 0.1) is 0 Å². The van der Waals surface area contributed by atoms with E-state index in [2.05, 4.69) is 5.32 Å². The summed E-state index contributed by atoms with van der Waals surface area (Å²) in [5, 5.41) is 3.34. The van der Waals surface area contributed by atoms with Gasteiger partial charge in [-0.05, 0) is 35.6 Å². The third-order valence-electron chi connectivity index (χ3n) is 6.73. The van der Waals surface area contributed by atoms with Crippen molar-refractivity contribution in [1.82, 2.24) is 5.32 Å². The number of carbonyl (C=O) groups excluding carboxylic acids is 1. The predicted molar refractivity (Wildman–Crippen MR) is 136 cm³/mol. The number of rotatable bonds is 6. The maximum Gasteiger partial charge on any atom is 0.257 e. The van der Waals surface area contributed by atoms with Gasteiger partial charge in [0, 0.05) is 12.1 Å². The lowest BCUT2D eigenvalue weighted by Gasteiger charge is -2.33. The fourth-order valence-corrected chi connectivity index (χ4v) is 4.96. The number of carbonyl (C=O) groups is 1. The summed E-state index contributed by atoms with van der Waals surface area (Å²) in [5.41, 5.74) is 1.61. The van der Waals surface area contributed by atoms with Crippen molar-refractivity contribution in [2.24, 2.45) is 4.99 Å². The minimum Gasteiger partial charge on any atom is -0.466 e. The summed E-state index contributed by atoms with van der Waals surface area (Å²) in [4.78, 5) is 19.1. The molecule has 3 aromatic carbocycles. The highest BCUT2D eigenvalue weighted by atomic mass is 16.5. The molecule has 1 fully saturated rings. The summed E-state index contributed by atoms with van der Waals surface area (Å²) >= 11 is 0. The zero-order valence-electron chi connectivity index (χ0n) is 19.3. The summed E-state index contributed by atoms with van der Waals surface area (Å²) in [5.74, 6) is 0.364. The summed E-state index contributed by atoms with van der Waals surface area (Å²) < 4.78 is 6.45. The average molecular weight is 451 g/mol. The number of nitrogens with zero attached hydrogens (tertiary/aromatic N) is 1. The first-order chi connectivity index (χ1) is 16.8. The molecule has 1 aliphatic carbocycles. The van der Waals surface area contributed by atoms with Gasteiger partial charge in [0.2, 0.25) is 11.4 Å². The fraction of sp³-hybridized carbons (Fsp3) is 0.267. The van der Waals surface area contributed by atoms with Crippen LogP contribution < -0.4 is 5.32 Å². The van der Waals surface area contributed by atoms with Gasteiger partial charge in [-0.2, -0.15) is 0 Å². The van der Waals surface area contributed by atoms with Crippen molar-refractivity contribution >= 4 is 17.9 Å². The molecule has 1 heterocycles. The van der Waals surface area contributed by atoms with Crippen LogP contribution in [0.1, 0.15) is 54.9 Å². The van der Waals surface area contributed by atoms with Gasteiger partial charge in [-0.3, -0.25) is 4.79 Å². The topological polar surface area (TPSA) is 50.7 Å². The molecule has 2 aliphatic rings. The quantitative estimate of drug-likeness (QED) is 0.485. The molecule has 4 nitrogen and oxygen atoms in total. The van der Waals surface area contributed by atoms with Crippen LogP contribution in [0, 0.1) is 0 Å². The zero-order valence-corrected chi connectivity index (χ0v) is 19.3. The first kappa shape index (κ1) is 22.1. The summed E-state index contributed by atoms with van der Waals surface area (Å²) in [6.45, 7) is 0. The molecule has 1 N–H and O–H groups in total. The number of nitrogens with one attached hydrogen (secondary N) is 1. The second-order valence-electron chi connectivity index (χ2n) is 9.04. The number of hydrogen-bond acceptors (Lipinski definition) is 3. The van der Waals surface area contributed by atoms with Crippen molar-refractivity contribution in [1.29, 1.82) is 0 Å². The maximum absolute atomic E-state index is 14.1. The van der Waals surface area contributed by atoms with Crippen LogP contribution in [-0.4, -0.2) is 17.8 Å². The smallest absolute Gasteiger partial charge is 0.257 e. The molecule has 2 atom stereocenters. The van der Waals surface area contributed by atoms with Gasteiger partial charge in [0.15, 0.2) is 6.10 Å². The second kappa shape index (κ2) is 10.1. The Balaban J connectivity index is 1.58. The minimum absolute atomic E-state index is 0.0948. The number of hydrogen-bond donors (Lipinski definition) is 1. The largest absolute Gasteiger partial charge is 0.466 e. The van der Waals surface area contributed by atoms with E-state index in [4.69, 9.17) is 9.73 Å². The minimum atomic E-state index is -1.20. The fourth-order valence-electron chi connectivity index (χ4n) is 4.96. The number of amides is 1. The SMILES string of the molecule is O=C(NC1CCCCC1)[C@]1(c2ccccc2)N=C(/C=C/c2ccccc2)O[C@H]1c1ccccc1. The number of ether oxygens (including phenoxy) is 1. The molecular weight excluding hydrogens is 420 g/mol. The van der Waals surface area contributed by atoms with Crippen molar-refractivity contribution in [3.8, 4) is 0 Å². The van der Waals surface area contributed by atoms with Gasteiger partial charge < -0.3 is 10.1 Å².